The van der Waals surface area contributed by atoms with Crippen LogP contribution in [0.15, 0.2) is 0 Å². The largest absolute Gasteiger partial charge is 0.414 e. The molecule has 2 aliphatic carbocycles. The highest BCUT2D eigenvalue weighted by molar-refractivity contribution is 6.73. The Morgan fingerprint density at radius 2 is 1.82 bits per heavy atom. The van der Waals surface area contributed by atoms with Gasteiger partial charge >= 0.3 is 0 Å². The van der Waals surface area contributed by atoms with Crippen molar-refractivity contribution in [3.8, 4) is 0 Å². The van der Waals surface area contributed by atoms with Gasteiger partial charge in [-0.25, -0.2) is 0 Å². The molecule has 5 atom stereocenters. The molecule has 22 heavy (non-hydrogen) atoms. The van der Waals surface area contributed by atoms with Gasteiger partial charge in [-0.2, -0.15) is 0 Å². The number of hydrogen-bond donors (Lipinski definition) is 0. The monoisotopic (exact) mass is 324 g/mol. The first-order chi connectivity index (χ1) is 10.5. The van der Waals surface area contributed by atoms with Crippen molar-refractivity contribution < 1.29 is 9.22 Å². The second kappa shape index (κ2) is 7.17. The van der Waals surface area contributed by atoms with Gasteiger partial charge in [-0.1, -0.05) is 41.0 Å². The molecule has 0 amide bonds. The second-order valence-electron chi connectivity index (χ2n) is 8.08. The summed E-state index contributed by atoms with van der Waals surface area (Å²) in [5.41, 5.74) is 0.332. The van der Waals surface area contributed by atoms with Crippen molar-refractivity contribution in [1.82, 2.24) is 0 Å². The lowest BCUT2D eigenvalue weighted by Gasteiger charge is -2.48. The minimum Gasteiger partial charge on any atom is -0.414 e. The molecule has 2 nitrogen and oxygen atoms in total. The predicted octanol–water partition coefficient (Wildman–Crippen LogP) is 5.43. The van der Waals surface area contributed by atoms with E-state index in [0.717, 1.165) is 0 Å². The standard InChI is InChI=1S/C19H36O2Si/c1-6-22(7-2,8-3)21-18-10-9-13-19(5)16(15(4)14-20)11-12-17(18)19/h14-18H,6-13H2,1-5H3/t15-,16?,17?,18+,19-/m1/s1. The summed E-state index contributed by atoms with van der Waals surface area (Å²) < 4.78 is 6.92. The quantitative estimate of drug-likeness (QED) is 0.461. The minimum absolute atomic E-state index is 0.208. The Morgan fingerprint density at radius 3 is 2.36 bits per heavy atom. The minimum atomic E-state index is -1.52. The summed E-state index contributed by atoms with van der Waals surface area (Å²) >= 11 is 0. The van der Waals surface area contributed by atoms with E-state index in [1.807, 2.05) is 0 Å². The average Bonchev–Trinajstić information content (AvgIpc) is 2.90. The van der Waals surface area contributed by atoms with Crippen LogP contribution in [0.4, 0.5) is 0 Å². The zero-order chi connectivity index (χ0) is 16.4. The summed E-state index contributed by atoms with van der Waals surface area (Å²) in [6, 6.07) is 3.73. The van der Waals surface area contributed by atoms with Crippen LogP contribution in [0.1, 0.15) is 66.7 Å². The van der Waals surface area contributed by atoms with E-state index in [0.29, 0.717) is 23.4 Å². The fraction of sp³-hybridized carbons (Fsp3) is 0.947. The lowest BCUT2D eigenvalue weighted by Crippen LogP contribution is -2.48. The molecule has 0 N–H and O–H groups in total. The Kier molecular flexibility index (Phi) is 5.93. The van der Waals surface area contributed by atoms with Gasteiger partial charge in [0.25, 0.3) is 0 Å². The summed E-state index contributed by atoms with van der Waals surface area (Å²) in [5.74, 6) is 1.46. The zero-order valence-electron chi connectivity index (χ0n) is 15.4. The molecule has 0 aromatic rings. The number of carbonyl (C=O) groups excluding carboxylic acids is 1. The van der Waals surface area contributed by atoms with Crippen LogP contribution in [-0.2, 0) is 9.22 Å². The zero-order valence-corrected chi connectivity index (χ0v) is 16.4. The van der Waals surface area contributed by atoms with Gasteiger partial charge in [-0.3, -0.25) is 0 Å². The van der Waals surface area contributed by atoms with E-state index in [9.17, 15) is 4.79 Å². The lowest BCUT2D eigenvalue weighted by molar-refractivity contribution is -0.114. The van der Waals surface area contributed by atoms with E-state index in [1.165, 1.54) is 56.5 Å². The second-order valence-corrected chi connectivity index (χ2v) is 12.8. The first-order valence-electron chi connectivity index (χ1n) is 9.59. The Labute approximate surface area is 138 Å². The van der Waals surface area contributed by atoms with Crippen LogP contribution in [-0.4, -0.2) is 20.7 Å². The average molecular weight is 325 g/mol. The highest BCUT2D eigenvalue weighted by Gasteiger charge is 2.53. The number of aldehydes is 1. The molecule has 0 aromatic heterocycles. The van der Waals surface area contributed by atoms with E-state index in [-0.39, 0.29) is 5.92 Å². The van der Waals surface area contributed by atoms with Crippen LogP contribution in [0.25, 0.3) is 0 Å². The fourth-order valence-corrected chi connectivity index (χ4v) is 8.51. The van der Waals surface area contributed by atoms with Crippen LogP contribution in [0.5, 0.6) is 0 Å². The van der Waals surface area contributed by atoms with Crippen molar-refractivity contribution in [2.24, 2.45) is 23.2 Å². The summed E-state index contributed by atoms with van der Waals surface area (Å²) in [4.78, 5) is 11.3. The molecule has 0 aromatic carbocycles. The Bertz CT molecular complexity index is 371. The van der Waals surface area contributed by atoms with Gasteiger partial charge in [-0.05, 0) is 61.1 Å². The van der Waals surface area contributed by atoms with E-state index in [1.54, 1.807) is 0 Å². The third-order valence-corrected chi connectivity index (χ3v) is 12.0. The lowest BCUT2D eigenvalue weighted by atomic mass is 9.62. The molecule has 0 aliphatic heterocycles. The predicted molar refractivity (Wildman–Crippen MR) is 95.5 cm³/mol. The van der Waals surface area contributed by atoms with E-state index >= 15 is 0 Å². The molecule has 2 rings (SSSR count). The maximum Gasteiger partial charge on any atom is 0.192 e. The number of fused-ring (bicyclic) bond motifs is 1. The highest BCUT2D eigenvalue weighted by Crippen LogP contribution is 2.58. The SMILES string of the molecule is CC[Si](CC)(CC)O[C@H]1CCC[C@]2(C)C([C@H](C)C=O)CCC12. The molecule has 2 fully saturated rings. The molecule has 128 valence electrons. The molecule has 0 spiro atoms. The van der Waals surface area contributed by atoms with Gasteiger partial charge < -0.3 is 9.22 Å². The van der Waals surface area contributed by atoms with Gasteiger partial charge in [0.2, 0.25) is 0 Å². The summed E-state index contributed by atoms with van der Waals surface area (Å²) in [6.45, 7) is 11.6. The maximum absolute atomic E-state index is 11.3. The highest BCUT2D eigenvalue weighted by atomic mass is 28.4. The van der Waals surface area contributed by atoms with Gasteiger partial charge in [0.1, 0.15) is 6.29 Å². The van der Waals surface area contributed by atoms with Gasteiger partial charge in [0.15, 0.2) is 8.32 Å². The molecule has 2 saturated carbocycles. The molecule has 0 heterocycles. The van der Waals surface area contributed by atoms with Crippen molar-refractivity contribution in [1.29, 1.82) is 0 Å². The number of rotatable bonds is 7. The van der Waals surface area contributed by atoms with Crippen LogP contribution < -0.4 is 0 Å². The topological polar surface area (TPSA) is 26.3 Å². The summed E-state index contributed by atoms with van der Waals surface area (Å²) in [7, 11) is -1.52. The number of hydrogen-bond acceptors (Lipinski definition) is 2. The molecular formula is C19H36O2Si. The maximum atomic E-state index is 11.3. The van der Waals surface area contributed by atoms with Gasteiger partial charge in [0.05, 0.1) is 0 Å². The normalized spacial score (nSPS) is 36.9. The molecule has 2 unspecified atom stereocenters. The van der Waals surface area contributed by atoms with Crippen molar-refractivity contribution >= 4 is 14.6 Å². The van der Waals surface area contributed by atoms with E-state index < -0.39 is 8.32 Å². The van der Waals surface area contributed by atoms with Gasteiger partial charge in [0, 0.05) is 12.0 Å². The van der Waals surface area contributed by atoms with Crippen LogP contribution in [0.2, 0.25) is 18.1 Å². The summed E-state index contributed by atoms with van der Waals surface area (Å²) in [6.07, 6.45) is 7.96. The first kappa shape index (κ1) is 18.2. The van der Waals surface area contributed by atoms with E-state index in [4.69, 9.17) is 4.43 Å². The smallest absolute Gasteiger partial charge is 0.192 e. The number of carbonyl (C=O) groups is 1. The molecule has 3 heteroatoms. The van der Waals surface area contributed by atoms with Crippen LogP contribution in [0, 0.1) is 23.2 Å². The fourth-order valence-electron chi connectivity index (χ4n) is 5.58. The van der Waals surface area contributed by atoms with Crippen molar-refractivity contribution in [2.75, 3.05) is 0 Å². The molecule has 0 bridgehead atoms. The van der Waals surface area contributed by atoms with E-state index in [2.05, 4.69) is 34.6 Å². The Balaban J connectivity index is 2.17. The summed E-state index contributed by atoms with van der Waals surface area (Å²) in [5, 5.41) is 0. The van der Waals surface area contributed by atoms with Gasteiger partial charge in [-0.15, -0.1) is 0 Å². The molecule has 0 radical (unpaired) electrons. The third kappa shape index (κ3) is 3.08. The first-order valence-corrected chi connectivity index (χ1v) is 12.1. The molecular weight excluding hydrogens is 288 g/mol. The Morgan fingerprint density at radius 1 is 1.18 bits per heavy atom. The molecule has 2 aliphatic rings. The Hall–Kier alpha value is -0.153. The third-order valence-electron chi connectivity index (χ3n) is 7.32. The van der Waals surface area contributed by atoms with Crippen molar-refractivity contribution in [2.45, 2.75) is 91.0 Å². The van der Waals surface area contributed by atoms with Crippen molar-refractivity contribution in [3.05, 3.63) is 0 Å². The van der Waals surface area contributed by atoms with Crippen LogP contribution in [0.3, 0.4) is 0 Å². The van der Waals surface area contributed by atoms with Crippen molar-refractivity contribution in [3.63, 3.8) is 0 Å². The molecule has 0 saturated heterocycles. The van der Waals surface area contributed by atoms with Crippen LogP contribution >= 0.6 is 0 Å².